The molecule has 0 amide bonds. The molecule has 2 N–H and O–H groups in total. The third-order valence-corrected chi connectivity index (χ3v) is 3.75. The van der Waals surface area contributed by atoms with E-state index in [9.17, 15) is 0 Å². The Morgan fingerprint density at radius 1 is 1.12 bits per heavy atom. The Bertz CT molecular complexity index is 302. The summed E-state index contributed by atoms with van der Waals surface area (Å²) >= 11 is 0. The van der Waals surface area contributed by atoms with Gasteiger partial charge in [0.2, 0.25) is 0 Å². The molecule has 1 aliphatic heterocycles. The van der Waals surface area contributed by atoms with Crippen molar-refractivity contribution in [1.29, 1.82) is 0 Å². The third kappa shape index (κ3) is 4.14. The van der Waals surface area contributed by atoms with Crippen LogP contribution in [0.5, 0.6) is 0 Å². The second-order valence-corrected chi connectivity index (χ2v) is 5.12. The Morgan fingerprint density at radius 2 is 1.82 bits per heavy atom. The van der Waals surface area contributed by atoms with Crippen molar-refractivity contribution >= 4 is 0 Å². The first-order valence-corrected chi connectivity index (χ1v) is 6.85. The summed E-state index contributed by atoms with van der Waals surface area (Å²) in [6.07, 6.45) is 5.09. The predicted molar refractivity (Wildman–Crippen MR) is 73.0 cm³/mol. The molecule has 0 aliphatic carbocycles. The summed E-state index contributed by atoms with van der Waals surface area (Å²) in [6, 6.07) is 10.9. The first-order valence-electron chi connectivity index (χ1n) is 6.85. The van der Waals surface area contributed by atoms with Gasteiger partial charge < -0.3 is 10.6 Å². The van der Waals surface area contributed by atoms with Gasteiger partial charge in [-0.05, 0) is 63.3 Å². The molecule has 2 heteroatoms. The van der Waals surface area contributed by atoms with E-state index in [1.165, 1.54) is 44.5 Å². The third-order valence-electron chi connectivity index (χ3n) is 3.75. The van der Waals surface area contributed by atoms with Gasteiger partial charge in [-0.2, -0.15) is 0 Å². The molecule has 1 saturated heterocycles. The highest BCUT2D eigenvalue weighted by Crippen LogP contribution is 2.21. The van der Waals surface area contributed by atoms with Gasteiger partial charge in [-0.3, -0.25) is 0 Å². The molecule has 0 spiro atoms. The average molecular weight is 232 g/mol. The summed E-state index contributed by atoms with van der Waals surface area (Å²) in [6.45, 7) is 4.54. The van der Waals surface area contributed by atoms with Gasteiger partial charge in [-0.1, -0.05) is 30.3 Å². The van der Waals surface area contributed by atoms with Crippen molar-refractivity contribution < 1.29 is 0 Å². The van der Waals surface area contributed by atoms with Crippen LogP contribution < -0.4 is 5.73 Å². The minimum atomic E-state index is 0.823. The van der Waals surface area contributed by atoms with E-state index in [1.807, 2.05) is 0 Å². The van der Waals surface area contributed by atoms with E-state index in [0.717, 1.165) is 18.9 Å². The van der Waals surface area contributed by atoms with Crippen LogP contribution in [0.1, 0.15) is 24.8 Å². The van der Waals surface area contributed by atoms with E-state index in [2.05, 4.69) is 35.2 Å². The van der Waals surface area contributed by atoms with Gasteiger partial charge in [0.25, 0.3) is 0 Å². The fraction of sp³-hybridized carbons (Fsp3) is 0.600. The molecule has 1 aliphatic rings. The summed E-state index contributed by atoms with van der Waals surface area (Å²) in [7, 11) is 0. The maximum Gasteiger partial charge on any atom is -0.000671 e. The molecule has 0 saturated carbocycles. The van der Waals surface area contributed by atoms with Crippen LogP contribution in [0.15, 0.2) is 30.3 Å². The van der Waals surface area contributed by atoms with E-state index in [1.54, 1.807) is 0 Å². The van der Waals surface area contributed by atoms with Crippen LogP contribution in [0.3, 0.4) is 0 Å². The SMILES string of the molecule is NCCCN1CCC(Cc2ccccc2)CC1. The number of likely N-dealkylation sites (tertiary alicyclic amines) is 1. The molecule has 0 atom stereocenters. The number of nitrogens with zero attached hydrogens (tertiary/aromatic N) is 1. The van der Waals surface area contributed by atoms with Gasteiger partial charge in [0.05, 0.1) is 0 Å². The van der Waals surface area contributed by atoms with Crippen molar-refractivity contribution in [1.82, 2.24) is 4.90 Å². The topological polar surface area (TPSA) is 29.3 Å². The van der Waals surface area contributed by atoms with Crippen LogP contribution in [0, 0.1) is 5.92 Å². The van der Waals surface area contributed by atoms with E-state index < -0.39 is 0 Å². The Labute approximate surface area is 105 Å². The smallest absolute Gasteiger partial charge is 0.000671 e. The van der Waals surface area contributed by atoms with Gasteiger partial charge in [0.15, 0.2) is 0 Å². The molecule has 1 heterocycles. The first-order chi connectivity index (χ1) is 8.38. The van der Waals surface area contributed by atoms with Crippen molar-refractivity contribution in [2.24, 2.45) is 11.7 Å². The average Bonchev–Trinajstić information content (AvgIpc) is 2.39. The zero-order valence-corrected chi connectivity index (χ0v) is 10.6. The Morgan fingerprint density at radius 3 is 2.47 bits per heavy atom. The lowest BCUT2D eigenvalue weighted by Gasteiger charge is -2.31. The minimum Gasteiger partial charge on any atom is -0.330 e. The lowest BCUT2D eigenvalue weighted by Crippen LogP contribution is -2.35. The second kappa shape index (κ2) is 6.77. The van der Waals surface area contributed by atoms with Crippen LogP contribution in [-0.4, -0.2) is 31.1 Å². The first kappa shape index (κ1) is 12.6. The van der Waals surface area contributed by atoms with Crippen molar-refractivity contribution in [3.63, 3.8) is 0 Å². The molecule has 1 aromatic rings. The normalized spacial score (nSPS) is 18.4. The zero-order chi connectivity index (χ0) is 11.9. The van der Waals surface area contributed by atoms with E-state index in [-0.39, 0.29) is 0 Å². The van der Waals surface area contributed by atoms with Crippen molar-refractivity contribution in [2.75, 3.05) is 26.2 Å². The zero-order valence-electron chi connectivity index (χ0n) is 10.6. The van der Waals surface area contributed by atoms with Crippen molar-refractivity contribution in [2.45, 2.75) is 25.7 Å². The summed E-state index contributed by atoms with van der Waals surface area (Å²) < 4.78 is 0. The monoisotopic (exact) mass is 232 g/mol. The highest BCUT2D eigenvalue weighted by molar-refractivity contribution is 5.15. The van der Waals surface area contributed by atoms with E-state index in [0.29, 0.717) is 0 Å². The number of piperidine rings is 1. The number of rotatable bonds is 5. The Hall–Kier alpha value is -0.860. The summed E-state index contributed by atoms with van der Waals surface area (Å²) in [5.41, 5.74) is 7.04. The molecular formula is C15H24N2. The molecule has 0 bridgehead atoms. The van der Waals surface area contributed by atoms with Crippen LogP contribution in [0.2, 0.25) is 0 Å². The van der Waals surface area contributed by atoms with Crippen molar-refractivity contribution in [3.05, 3.63) is 35.9 Å². The van der Waals surface area contributed by atoms with Gasteiger partial charge >= 0.3 is 0 Å². The van der Waals surface area contributed by atoms with Crippen LogP contribution in [0.25, 0.3) is 0 Å². The van der Waals surface area contributed by atoms with E-state index in [4.69, 9.17) is 5.73 Å². The molecule has 0 unspecified atom stereocenters. The highest BCUT2D eigenvalue weighted by Gasteiger charge is 2.18. The van der Waals surface area contributed by atoms with Gasteiger partial charge in [-0.25, -0.2) is 0 Å². The molecule has 17 heavy (non-hydrogen) atoms. The molecule has 94 valence electrons. The minimum absolute atomic E-state index is 0.823. The predicted octanol–water partition coefficient (Wildman–Crippen LogP) is 2.29. The molecule has 0 aromatic heterocycles. The number of hydrogen-bond acceptors (Lipinski definition) is 2. The van der Waals surface area contributed by atoms with Crippen LogP contribution in [0.4, 0.5) is 0 Å². The van der Waals surface area contributed by atoms with Gasteiger partial charge in [-0.15, -0.1) is 0 Å². The molecule has 2 nitrogen and oxygen atoms in total. The van der Waals surface area contributed by atoms with Gasteiger partial charge in [0, 0.05) is 0 Å². The summed E-state index contributed by atoms with van der Waals surface area (Å²) in [5, 5.41) is 0. The maximum atomic E-state index is 5.55. The standard InChI is InChI=1S/C15H24N2/c16-9-4-10-17-11-7-15(8-12-17)13-14-5-2-1-3-6-14/h1-3,5-6,15H,4,7-13,16H2. The molecule has 0 radical (unpaired) electrons. The largest absolute Gasteiger partial charge is 0.330 e. The van der Waals surface area contributed by atoms with Crippen LogP contribution in [-0.2, 0) is 6.42 Å². The number of benzene rings is 1. The Balaban J connectivity index is 1.72. The fourth-order valence-corrected chi connectivity index (χ4v) is 2.68. The lowest BCUT2D eigenvalue weighted by atomic mass is 9.90. The van der Waals surface area contributed by atoms with Crippen molar-refractivity contribution in [3.8, 4) is 0 Å². The molecule has 1 aromatic carbocycles. The maximum absolute atomic E-state index is 5.55. The molecule has 2 rings (SSSR count). The highest BCUT2D eigenvalue weighted by atomic mass is 15.1. The second-order valence-electron chi connectivity index (χ2n) is 5.12. The molecule has 1 fully saturated rings. The number of hydrogen-bond donors (Lipinski definition) is 1. The molecular weight excluding hydrogens is 208 g/mol. The lowest BCUT2D eigenvalue weighted by molar-refractivity contribution is 0.183. The van der Waals surface area contributed by atoms with E-state index >= 15 is 0 Å². The quantitative estimate of drug-likeness (QED) is 0.844. The summed E-state index contributed by atoms with van der Waals surface area (Å²) in [4.78, 5) is 2.56. The fourth-order valence-electron chi connectivity index (χ4n) is 2.68. The van der Waals surface area contributed by atoms with Gasteiger partial charge in [0.1, 0.15) is 0 Å². The van der Waals surface area contributed by atoms with Crippen LogP contribution >= 0.6 is 0 Å². The summed E-state index contributed by atoms with van der Waals surface area (Å²) in [5.74, 6) is 0.881. The Kier molecular flexibility index (Phi) is 5.02. The number of nitrogens with two attached hydrogens (primary N) is 1.